The maximum absolute atomic E-state index is 11.4. The van der Waals surface area contributed by atoms with Crippen LogP contribution in [0.5, 0.6) is 0 Å². The van der Waals surface area contributed by atoms with E-state index in [1.807, 2.05) is 31.2 Å². The van der Waals surface area contributed by atoms with E-state index in [0.717, 1.165) is 22.1 Å². The number of fused-ring (bicyclic) bond motifs is 3. The Bertz CT molecular complexity index is 570. The van der Waals surface area contributed by atoms with Crippen molar-refractivity contribution in [2.24, 2.45) is 0 Å². The molecule has 0 amide bonds. The Morgan fingerprint density at radius 2 is 1.93 bits per heavy atom. The molecule has 0 aliphatic carbocycles. The van der Waals surface area contributed by atoms with Crippen LogP contribution in [0, 0.1) is 6.92 Å². The average Bonchev–Trinajstić information content (AvgIpc) is 2.62. The molecule has 0 atom stereocenters. The van der Waals surface area contributed by atoms with Crippen molar-refractivity contribution in [2.45, 2.75) is 13.5 Å². The first-order valence-corrected chi connectivity index (χ1v) is 4.96. The van der Waals surface area contributed by atoms with E-state index in [-0.39, 0.29) is 5.97 Å². The third-order valence-electron chi connectivity index (χ3n) is 2.93. The van der Waals surface area contributed by atoms with E-state index in [2.05, 4.69) is 6.07 Å². The Morgan fingerprint density at radius 3 is 2.73 bits per heavy atom. The van der Waals surface area contributed by atoms with Gasteiger partial charge < -0.3 is 4.74 Å². The van der Waals surface area contributed by atoms with Gasteiger partial charge in [0.15, 0.2) is 0 Å². The van der Waals surface area contributed by atoms with Gasteiger partial charge in [-0.2, -0.15) is 0 Å². The van der Waals surface area contributed by atoms with Crippen LogP contribution in [0.15, 0.2) is 30.3 Å². The van der Waals surface area contributed by atoms with Crippen molar-refractivity contribution < 1.29 is 9.53 Å². The van der Waals surface area contributed by atoms with Crippen LogP contribution in [0.4, 0.5) is 0 Å². The second-order valence-corrected chi connectivity index (χ2v) is 3.84. The highest BCUT2D eigenvalue weighted by Gasteiger charge is 2.23. The van der Waals surface area contributed by atoms with Gasteiger partial charge in [0.1, 0.15) is 6.61 Å². The summed E-state index contributed by atoms with van der Waals surface area (Å²) < 4.78 is 5.05. The molecule has 2 nitrogen and oxygen atoms in total. The normalized spacial score (nSPS) is 14.1. The number of ether oxygens (including phenoxy) is 1. The van der Waals surface area contributed by atoms with Crippen molar-refractivity contribution in [1.29, 1.82) is 0 Å². The van der Waals surface area contributed by atoms with Gasteiger partial charge in [0.25, 0.3) is 0 Å². The molecular weight excluding hydrogens is 188 g/mol. The zero-order chi connectivity index (χ0) is 10.4. The molecule has 0 unspecified atom stereocenters. The van der Waals surface area contributed by atoms with Crippen LogP contribution in [-0.2, 0) is 11.3 Å². The summed E-state index contributed by atoms with van der Waals surface area (Å²) in [6.45, 7) is 2.43. The van der Waals surface area contributed by atoms with Crippen LogP contribution in [0.25, 0.3) is 10.8 Å². The Balaban J connectivity index is 2.48. The maximum Gasteiger partial charge on any atom is 0.338 e. The zero-order valence-electron chi connectivity index (χ0n) is 8.41. The van der Waals surface area contributed by atoms with Gasteiger partial charge in [-0.1, -0.05) is 24.3 Å². The quantitative estimate of drug-likeness (QED) is 0.608. The predicted octanol–water partition coefficient (Wildman–Crippen LogP) is 2.82. The highest BCUT2D eigenvalue weighted by molar-refractivity contribution is 6.02. The number of aryl methyl sites for hydroxylation is 1. The molecule has 0 saturated heterocycles. The summed E-state index contributed by atoms with van der Waals surface area (Å²) >= 11 is 0. The minimum atomic E-state index is -0.196. The largest absolute Gasteiger partial charge is 0.457 e. The number of esters is 1. The molecule has 0 saturated carbocycles. The smallest absolute Gasteiger partial charge is 0.338 e. The van der Waals surface area contributed by atoms with Gasteiger partial charge in [-0.15, -0.1) is 0 Å². The van der Waals surface area contributed by atoms with Crippen molar-refractivity contribution in [1.82, 2.24) is 0 Å². The number of carbonyl (C=O) groups is 1. The van der Waals surface area contributed by atoms with Crippen LogP contribution in [-0.4, -0.2) is 5.97 Å². The molecule has 2 aromatic carbocycles. The van der Waals surface area contributed by atoms with Crippen molar-refractivity contribution in [3.63, 3.8) is 0 Å². The summed E-state index contributed by atoms with van der Waals surface area (Å²) in [4.78, 5) is 11.4. The van der Waals surface area contributed by atoms with Crippen molar-refractivity contribution in [2.75, 3.05) is 0 Å². The van der Waals surface area contributed by atoms with E-state index in [1.165, 1.54) is 5.39 Å². The van der Waals surface area contributed by atoms with Gasteiger partial charge >= 0.3 is 5.97 Å². The van der Waals surface area contributed by atoms with E-state index in [1.54, 1.807) is 0 Å². The van der Waals surface area contributed by atoms with Crippen LogP contribution < -0.4 is 0 Å². The number of carbonyl (C=O) groups excluding carboxylic acids is 1. The average molecular weight is 198 g/mol. The molecule has 0 radical (unpaired) electrons. The molecule has 0 fully saturated rings. The Morgan fingerprint density at radius 1 is 1.20 bits per heavy atom. The highest BCUT2D eigenvalue weighted by atomic mass is 16.5. The van der Waals surface area contributed by atoms with Gasteiger partial charge in [-0.05, 0) is 29.3 Å². The van der Waals surface area contributed by atoms with Crippen LogP contribution in [0.3, 0.4) is 0 Å². The van der Waals surface area contributed by atoms with Crippen LogP contribution in [0.2, 0.25) is 0 Å². The molecule has 2 heteroatoms. The SMILES string of the molecule is Cc1cc2c(c3ccccc13)COC2=O. The molecule has 2 aromatic rings. The maximum atomic E-state index is 11.4. The summed E-state index contributed by atoms with van der Waals surface area (Å²) in [5.74, 6) is -0.196. The number of benzene rings is 2. The zero-order valence-corrected chi connectivity index (χ0v) is 8.41. The lowest BCUT2D eigenvalue weighted by Crippen LogP contribution is -1.94. The lowest BCUT2D eigenvalue weighted by molar-refractivity contribution is 0.0535. The second-order valence-electron chi connectivity index (χ2n) is 3.84. The van der Waals surface area contributed by atoms with Crippen LogP contribution in [0.1, 0.15) is 21.5 Å². The van der Waals surface area contributed by atoms with E-state index in [0.29, 0.717) is 6.61 Å². The molecule has 1 aliphatic rings. The van der Waals surface area contributed by atoms with Gasteiger partial charge in [0.05, 0.1) is 5.56 Å². The number of cyclic esters (lactones) is 1. The van der Waals surface area contributed by atoms with E-state index >= 15 is 0 Å². The number of rotatable bonds is 0. The fraction of sp³-hybridized carbons (Fsp3) is 0.154. The highest BCUT2D eigenvalue weighted by Crippen LogP contribution is 2.30. The topological polar surface area (TPSA) is 26.3 Å². The standard InChI is InChI=1S/C13H10O2/c1-8-6-11-12(7-15-13(11)14)10-5-3-2-4-9(8)10/h2-6H,7H2,1H3. The Hall–Kier alpha value is -1.83. The van der Waals surface area contributed by atoms with Crippen LogP contribution >= 0.6 is 0 Å². The summed E-state index contributed by atoms with van der Waals surface area (Å²) in [6, 6.07) is 10.0. The summed E-state index contributed by atoms with van der Waals surface area (Å²) in [5, 5.41) is 2.34. The first-order valence-electron chi connectivity index (χ1n) is 4.96. The first-order chi connectivity index (χ1) is 7.27. The molecule has 0 N–H and O–H groups in total. The molecule has 1 aliphatic heterocycles. The Kier molecular flexibility index (Phi) is 1.60. The fourth-order valence-corrected chi connectivity index (χ4v) is 2.17. The molecule has 0 bridgehead atoms. The molecule has 74 valence electrons. The lowest BCUT2D eigenvalue weighted by Gasteiger charge is -2.05. The molecular formula is C13H10O2. The minimum absolute atomic E-state index is 0.196. The van der Waals surface area contributed by atoms with Crippen molar-refractivity contribution >= 4 is 16.7 Å². The van der Waals surface area contributed by atoms with Gasteiger partial charge in [-0.25, -0.2) is 4.79 Å². The predicted molar refractivity (Wildman–Crippen MR) is 57.8 cm³/mol. The van der Waals surface area contributed by atoms with E-state index in [4.69, 9.17) is 4.74 Å². The molecule has 1 heterocycles. The first kappa shape index (κ1) is 8.48. The van der Waals surface area contributed by atoms with E-state index < -0.39 is 0 Å². The third kappa shape index (κ3) is 1.08. The Labute approximate surface area is 87.5 Å². The monoisotopic (exact) mass is 198 g/mol. The van der Waals surface area contributed by atoms with Gasteiger partial charge in [-0.3, -0.25) is 0 Å². The van der Waals surface area contributed by atoms with Crippen molar-refractivity contribution in [3.8, 4) is 0 Å². The molecule has 0 spiro atoms. The molecule has 15 heavy (non-hydrogen) atoms. The summed E-state index contributed by atoms with van der Waals surface area (Å²) in [7, 11) is 0. The summed E-state index contributed by atoms with van der Waals surface area (Å²) in [6.07, 6.45) is 0. The molecule has 0 aromatic heterocycles. The number of hydrogen-bond donors (Lipinski definition) is 0. The summed E-state index contributed by atoms with van der Waals surface area (Å²) in [5.41, 5.74) is 2.88. The minimum Gasteiger partial charge on any atom is -0.457 e. The second kappa shape index (κ2) is 2.83. The van der Waals surface area contributed by atoms with Crippen molar-refractivity contribution in [3.05, 3.63) is 47.0 Å². The number of hydrogen-bond acceptors (Lipinski definition) is 2. The lowest BCUT2D eigenvalue weighted by atomic mass is 9.97. The van der Waals surface area contributed by atoms with E-state index in [9.17, 15) is 4.79 Å². The fourth-order valence-electron chi connectivity index (χ4n) is 2.17. The third-order valence-corrected chi connectivity index (χ3v) is 2.93. The van der Waals surface area contributed by atoms with Gasteiger partial charge in [0, 0.05) is 5.56 Å². The molecule has 3 rings (SSSR count). The van der Waals surface area contributed by atoms with Gasteiger partial charge in [0.2, 0.25) is 0 Å².